The minimum Gasteiger partial charge on any atom is -0.507 e. The number of phenols is 4. The minimum absolute atomic E-state index is 0.0639. The van der Waals surface area contributed by atoms with E-state index >= 15 is 0 Å². The number of benzene rings is 2. The van der Waals surface area contributed by atoms with Crippen molar-refractivity contribution in [2.45, 2.75) is 30.7 Å². The molecular weight excluding hydrogens is 460 g/mol. The summed E-state index contributed by atoms with van der Waals surface area (Å²) in [6.45, 7) is -0.739. The first-order valence-electron chi connectivity index (χ1n) is 9.79. The van der Waals surface area contributed by atoms with Crippen LogP contribution in [0.15, 0.2) is 33.5 Å². The lowest BCUT2D eigenvalue weighted by atomic mass is 9.99. The molecule has 182 valence electrons. The van der Waals surface area contributed by atoms with Gasteiger partial charge < -0.3 is 59.8 Å². The maximum absolute atomic E-state index is 12.7. The molecule has 0 saturated carbocycles. The SMILES string of the molecule is O=c1c(O)c(-c2ccc(O)c(O)c2)oc2c(O)c(OC3OC(CO)C(O)C(O)C3O)cc(O)c12. The first-order valence-corrected chi connectivity index (χ1v) is 9.79. The molecule has 1 saturated heterocycles. The van der Waals surface area contributed by atoms with E-state index in [1.54, 1.807) is 0 Å². The second-order valence-electron chi connectivity index (χ2n) is 7.57. The smallest absolute Gasteiger partial charge is 0.238 e. The zero-order chi connectivity index (χ0) is 24.9. The third-order valence-corrected chi connectivity index (χ3v) is 5.39. The fraction of sp³-hybridized carbons (Fsp3) is 0.286. The zero-order valence-corrected chi connectivity index (χ0v) is 17.1. The van der Waals surface area contributed by atoms with Crippen LogP contribution < -0.4 is 10.2 Å². The summed E-state index contributed by atoms with van der Waals surface area (Å²) in [6, 6.07) is 4.00. The van der Waals surface area contributed by atoms with E-state index in [-0.39, 0.29) is 5.56 Å². The molecule has 4 rings (SSSR count). The molecule has 2 heterocycles. The molecule has 34 heavy (non-hydrogen) atoms. The lowest BCUT2D eigenvalue weighted by Gasteiger charge is -2.39. The average molecular weight is 480 g/mol. The fourth-order valence-corrected chi connectivity index (χ4v) is 3.54. The van der Waals surface area contributed by atoms with Crippen LogP contribution in [0, 0.1) is 0 Å². The summed E-state index contributed by atoms with van der Waals surface area (Å²) in [7, 11) is 0. The average Bonchev–Trinajstić information content (AvgIpc) is 2.81. The highest BCUT2D eigenvalue weighted by atomic mass is 16.7. The first-order chi connectivity index (χ1) is 16.0. The van der Waals surface area contributed by atoms with Gasteiger partial charge in [-0.2, -0.15) is 0 Å². The highest BCUT2D eigenvalue weighted by Gasteiger charge is 2.45. The largest absolute Gasteiger partial charge is 0.507 e. The van der Waals surface area contributed by atoms with Crippen molar-refractivity contribution in [3.63, 3.8) is 0 Å². The Kier molecular flexibility index (Phi) is 5.89. The lowest BCUT2D eigenvalue weighted by molar-refractivity contribution is -0.277. The number of aliphatic hydroxyl groups is 4. The van der Waals surface area contributed by atoms with Gasteiger partial charge in [0.2, 0.25) is 23.2 Å². The van der Waals surface area contributed by atoms with Crippen molar-refractivity contribution in [1.29, 1.82) is 0 Å². The van der Waals surface area contributed by atoms with Crippen LogP contribution in [0.4, 0.5) is 0 Å². The molecule has 1 aromatic heterocycles. The van der Waals surface area contributed by atoms with Gasteiger partial charge in [0.25, 0.3) is 0 Å². The van der Waals surface area contributed by atoms with Gasteiger partial charge in [0, 0.05) is 11.6 Å². The van der Waals surface area contributed by atoms with Gasteiger partial charge in [0.1, 0.15) is 35.6 Å². The van der Waals surface area contributed by atoms with Gasteiger partial charge in [-0.3, -0.25) is 4.79 Å². The van der Waals surface area contributed by atoms with E-state index in [0.717, 1.165) is 18.2 Å². The second-order valence-corrected chi connectivity index (χ2v) is 7.57. The van der Waals surface area contributed by atoms with E-state index in [2.05, 4.69) is 0 Å². The molecule has 0 bridgehead atoms. The highest BCUT2D eigenvalue weighted by molar-refractivity contribution is 5.93. The Hall–Kier alpha value is -3.75. The summed E-state index contributed by atoms with van der Waals surface area (Å²) >= 11 is 0. The van der Waals surface area contributed by atoms with Crippen LogP contribution in [-0.2, 0) is 4.74 Å². The number of hydrogen-bond donors (Lipinski definition) is 9. The number of fused-ring (bicyclic) bond motifs is 1. The number of ether oxygens (including phenoxy) is 2. The monoisotopic (exact) mass is 480 g/mol. The molecular formula is C21H20O13. The van der Waals surface area contributed by atoms with Crippen LogP contribution in [-0.4, -0.2) is 83.3 Å². The number of hydrogen-bond acceptors (Lipinski definition) is 13. The maximum atomic E-state index is 12.7. The topological polar surface area (TPSA) is 231 Å². The van der Waals surface area contributed by atoms with Crippen LogP contribution in [0.25, 0.3) is 22.3 Å². The summed E-state index contributed by atoms with van der Waals surface area (Å²) in [5.74, 6) is -4.80. The van der Waals surface area contributed by atoms with E-state index in [4.69, 9.17) is 13.9 Å². The fourth-order valence-electron chi connectivity index (χ4n) is 3.54. The minimum atomic E-state index is -1.84. The summed E-state index contributed by atoms with van der Waals surface area (Å²) < 4.78 is 16.0. The predicted molar refractivity (Wildman–Crippen MR) is 111 cm³/mol. The third kappa shape index (κ3) is 3.70. The lowest BCUT2D eigenvalue weighted by Crippen LogP contribution is -2.60. The quantitative estimate of drug-likeness (QED) is 0.164. The molecule has 13 heteroatoms. The van der Waals surface area contributed by atoms with E-state index in [9.17, 15) is 50.8 Å². The summed E-state index contributed by atoms with van der Waals surface area (Å²) in [5.41, 5.74) is -1.85. The van der Waals surface area contributed by atoms with E-state index in [1.165, 1.54) is 6.07 Å². The Labute approximate surface area is 189 Å². The molecule has 5 atom stereocenters. The van der Waals surface area contributed by atoms with Crippen LogP contribution in [0.2, 0.25) is 0 Å². The van der Waals surface area contributed by atoms with Crippen molar-refractivity contribution < 1.29 is 59.8 Å². The van der Waals surface area contributed by atoms with Gasteiger partial charge >= 0.3 is 0 Å². The standard InChI is InChI=1S/C21H20O13/c22-5-11-13(26)16(29)18(31)21(33-11)32-10-4-9(25)12-15(28)17(30)19(34-20(12)14(10)27)6-1-2-7(23)8(24)3-6/h1-4,11,13,16,18,21-27,29-31H,5H2. The number of aliphatic hydroxyl groups excluding tert-OH is 4. The zero-order valence-electron chi connectivity index (χ0n) is 17.1. The molecule has 0 spiro atoms. The number of phenolic OH excluding ortho intramolecular Hbond substituents is 4. The molecule has 2 aromatic carbocycles. The van der Waals surface area contributed by atoms with E-state index in [1.807, 2.05) is 0 Å². The molecule has 13 nitrogen and oxygen atoms in total. The van der Waals surface area contributed by atoms with Crippen molar-refractivity contribution >= 4 is 11.0 Å². The van der Waals surface area contributed by atoms with Gasteiger partial charge in [0.15, 0.2) is 28.6 Å². The molecule has 0 aliphatic carbocycles. The summed E-state index contributed by atoms with van der Waals surface area (Å²) in [6.07, 6.45) is -8.32. The van der Waals surface area contributed by atoms with Crippen molar-refractivity contribution in [3.05, 3.63) is 34.5 Å². The van der Waals surface area contributed by atoms with Gasteiger partial charge in [0.05, 0.1) is 6.61 Å². The van der Waals surface area contributed by atoms with Gasteiger partial charge in [-0.1, -0.05) is 0 Å². The highest BCUT2D eigenvalue weighted by Crippen LogP contribution is 2.44. The van der Waals surface area contributed by atoms with Gasteiger partial charge in [-0.25, -0.2) is 0 Å². The van der Waals surface area contributed by atoms with Crippen molar-refractivity contribution in [1.82, 2.24) is 0 Å². The van der Waals surface area contributed by atoms with Crippen LogP contribution in [0.3, 0.4) is 0 Å². The molecule has 9 N–H and O–H groups in total. The Morgan fingerprint density at radius 3 is 2.21 bits per heavy atom. The predicted octanol–water partition coefficient (Wildman–Crippen LogP) is -0.833. The third-order valence-electron chi connectivity index (χ3n) is 5.39. The maximum Gasteiger partial charge on any atom is 0.238 e. The van der Waals surface area contributed by atoms with Gasteiger partial charge in [-0.15, -0.1) is 0 Å². The molecule has 1 aliphatic rings. The molecule has 0 amide bonds. The Morgan fingerprint density at radius 1 is 0.853 bits per heavy atom. The molecule has 1 fully saturated rings. The molecule has 5 unspecified atom stereocenters. The van der Waals surface area contributed by atoms with E-state index in [0.29, 0.717) is 0 Å². The van der Waals surface area contributed by atoms with Crippen LogP contribution in [0.1, 0.15) is 0 Å². The normalized spacial score (nSPS) is 24.9. The summed E-state index contributed by atoms with van der Waals surface area (Å²) in [4.78, 5) is 12.7. The van der Waals surface area contributed by atoms with E-state index < -0.39 is 94.0 Å². The Balaban J connectivity index is 1.83. The molecule has 3 aromatic rings. The Bertz CT molecular complexity index is 1300. The first kappa shape index (κ1) is 23.4. The van der Waals surface area contributed by atoms with Crippen LogP contribution in [0.5, 0.6) is 34.5 Å². The summed E-state index contributed by atoms with van der Waals surface area (Å²) in [5, 5.41) is 89.1. The van der Waals surface area contributed by atoms with Crippen molar-refractivity contribution in [3.8, 4) is 45.8 Å². The van der Waals surface area contributed by atoms with Gasteiger partial charge in [-0.05, 0) is 18.2 Å². The number of aromatic hydroxyl groups is 5. The van der Waals surface area contributed by atoms with Crippen molar-refractivity contribution in [2.75, 3.05) is 6.61 Å². The van der Waals surface area contributed by atoms with Crippen molar-refractivity contribution in [2.24, 2.45) is 0 Å². The molecule has 0 radical (unpaired) electrons. The Morgan fingerprint density at radius 2 is 1.56 bits per heavy atom. The molecule has 1 aliphatic heterocycles. The second kappa shape index (κ2) is 8.55. The number of rotatable bonds is 4. The van der Waals surface area contributed by atoms with Crippen LogP contribution >= 0.6 is 0 Å².